The van der Waals surface area contributed by atoms with Crippen molar-refractivity contribution in [3.63, 3.8) is 0 Å². The fraction of sp³-hybridized carbons (Fsp3) is 0.154. The maximum absolute atomic E-state index is 11.7. The number of carbonyl (C=O) groups is 1. The van der Waals surface area contributed by atoms with Gasteiger partial charge in [0.1, 0.15) is 6.54 Å². The largest absolute Gasteiger partial charge is 0.502 e. The van der Waals surface area contributed by atoms with Gasteiger partial charge in [0.2, 0.25) is 5.75 Å². The van der Waals surface area contributed by atoms with Gasteiger partial charge in [-0.15, -0.1) is 0 Å². The molecule has 23 heavy (non-hydrogen) atoms. The van der Waals surface area contributed by atoms with Gasteiger partial charge in [-0.25, -0.2) is 5.43 Å². The average Bonchev–Trinajstić information content (AvgIpc) is 2.87. The Hall–Kier alpha value is -2.94. The lowest BCUT2D eigenvalue weighted by Crippen LogP contribution is -2.24. The number of nitrogens with zero attached hydrogens (tertiary/aromatic N) is 4. The van der Waals surface area contributed by atoms with Gasteiger partial charge in [-0.1, -0.05) is 11.6 Å². The number of halogens is 1. The topological polar surface area (TPSA) is 123 Å². The lowest BCUT2D eigenvalue weighted by Gasteiger charge is -2.03. The maximum Gasteiger partial charge on any atom is 0.312 e. The van der Waals surface area contributed by atoms with Crippen LogP contribution in [-0.4, -0.2) is 31.9 Å². The van der Waals surface area contributed by atoms with E-state index in [0.29, 0.717) is 0 Å². The summed E-state index contributed by atoms with van der Waals surface area (Å²) in [6.07, 6.45) is 2.64. The predicted octanol–water partition coefficient (Wildman–Crippen LogP) is 1.61. The van der Waals surface area contributed by atoms with Crippen LogP contribution in [0.4, 0.5) is 5.69 Å². The van der Waals surface area contributed by atoms with Crippen LogP contribution in [0.3, 0.4) is 0 Å². The molecule has 1 amide bonds. The van der Waals surface area contributed by atoms with Gasteiger partial charge in [0.25, 0.3) is 5.91 Å². The summed E-state index contributed by atoms with van der Waals surface area (Å²) >= 11 is 5.74. The SMILES string of the molecule is Cc1ccnn1CC(=O)N/N=C\c1cc(Cl)cc([N+](=O)[O-])c1O. The summed E-state index contributed by atoms with van der Waals surface area (Å²) < 4.78 is 1.48. The van der Waals surface area contributed by atoms with Crippen LogP contribution in [0.5, 0.6) is 5.75 Å². The first kappa shape index (κ1) is 16.4. The van der Waals surface area contributed by atoms with Crippen LogP contribution in [0.1, 0.15) is 11.3 Å². The number of hydrogen-bond donors (Lipinski definition) is 2. The van der Waals surface area contributed by atoms with Gasteiger partial charge in [-0.05, 0) is 19.1 Å². The van der Waals surface area contributed by atoms with Crippen molar-refractivity contribution < 1.29 is 14.8 Å². The van der Waals surface area contributed by atoms with Crippen molar-refractivity contribution in [1.29, 1.82) is 0 Å². The minimum Gasteiger partial charge on any atom is -0.502 e. The van der Waals surface area contributed by atoms with Gasteiger partial charge < -0.3 is 5.11 Å². The second-order valence-electron chi connectivity index (χ2n) is 4.54. The lowest BCUT2D eigenvalue weighted by molar-refractivity contribution is -0.385. The van der Waals surface area contributed by atoms with Gasteiger partial charge >= 0.3 is 5.69 Å². The number of aryl methyl sites for hydroxylation is 1. The summed E-state index contributed by atoms with van der Waals surface area (Å²) in [5, 5.41) is 28.2. The first-order chi connectivity index (χ1) is 10.9. The molecule has 2 N–H and O–H groups in total. The summed E-state index contributed by atoms with van der Waals surface area (Å²) in [5.41, 5.74) is 2.52. The van der Waals surface area contributed by atoms with Gasteiger partial charge in [0.15, 0.2) is 0 Å². The molecule has 1 heterocycles. The summed E-state index contributed by atoms with van der Waals surface area (Å²) in [4.78, 5) is 21.7. The molecule has 2 aromatic rings. The fourth-order valence-electron chi connectivity index (χ4n) is 1.75. The number of amides is 1. The molecule has 1 aromatic carbocycles. The third-order valence-electron chi connectivity index (χ3n) is 2.90. The highest BCUT2D eigenvalue weighted by Crippen LogP contribution is 2.32. The number of nitro benzene ring substituents is 1. The van der Waals surface area contributed by atoms with Gasteiger partial charge in [0, 0.05) is 28.5 Å². The van der Waals surface area contributed by atoms with E-state index in [1.54, 1.807) is 19.2 Å². The molecule has 9 nitrogen and oxygen atoms in total. The Morgan fingerprint density at radius 1 is 1.61 bits per heavy atom. The van der Waals surface area contributed by atoms with E-state index in [1.807, 2.05) is 0 Å². The molecule has 0 bridgehead atoms. The molecular formula is C13H12ClN5O4. The molecule has 0 aliphatic carbocycles. The lowest BCUT2D eigenvalue weighted by atomic mass is 10.2. The fourth-order valence-corrected chi connectivity index (χ4v) is 1.97. The Bertz CT molecular complexity index is 787. The number of aromatic nitrogens is 2. The molecule has 0 aliphatic heterocycles. The highest BCUT2D eigenvalue weighted by atomic mass is 35.5. The first-order valence-corrected chi connectivity index (χ1v) is 6.73. The molecule has 0 fully saturated rings. The van der Waals surface area contributed by atoms with Crippen LogP contribution in [0, 0.1) is 17.0 Å². The molecular weight excluding hydrogens is 326 g/mol. The van der Waals surface area contributed by atoms with E-state index in [4.69, 9.17) is 11.6 Å². The smallest absolute Gasteiger partial charge is 0.312 e. The second kappa shape index (κ2) is 6.88. The Kier molecular flexibility index (Phi) is 4.91. The highest BCUT2D eigenvalue weighted by molar-refractivity contribution is 6.31. The molecule has 0 aliphatic rings. The number of nitrogens with one attached hydrogen (secondary N) is 1. The van der Waals surface area contributed by atoms with Gasteiger partial charge in [-0.3, -0.25) is 19.6 Å². The van der Waals surface area contributed by atoms with Crippen LogP contribution in [0.25, 0.3) is 0 Å². The maximum atomic E-state index is 11.7. The molecule has 0 unspecified atom stereocenters. The van der Waals surface area contributed by atoms with Crippen molar-refractivity contribution in [3.8, 4) is 5.75 Å². The average molecular weight is 338 g/mol. The molecule has 0 saturated heterocycles. The van der Waals surface area contributed by atoms with Crippen molar-refractivity contribution in [3.05, 3.63) is 50.8 Å². The molecule has 120 valence electrons. The Morgan fingerprint density at radius 2 is 2.35 bits per heavy atom. The second-order valence-corrected chi connectivity index (χ2v) is 4.98. The minimum atomic E-state index is -0.766. The molecule has 1 aromatic heterocycles. The molecule has 10 heteroatoms. The number of aromatic hydroxyl groups is 1. The van der Waals surface area contributed by atoms with Crippen LogP contribution in [0.2, 0.25) is 5.02 Å². The summed E-state index contributed by atoms with van der Waals surface area (Å²) in [7, 11) is 0. The molecule has 0 atom stereocenters. The van der Waals surface area contributed by atoms with Crippen LogP contribution < -0.4 is 5.43 Å². The Labute approximate surface area is 135 Å². The normalized spacial score (nSPS) is 10.9. The first-order valence-electron chi connectivity index (χ1n) is 6.35. The Balaban J connectivity index is 2.07. The monoisotopic (exact) mass is 337 g/mol. The summed E-state index contributed by atoms with van der Waals surface area (Å²) in [6, 6.07) is 4.06. The van der Waals surface area contributed by atoms with Gasteiger partial charge in [0.05, 0.1) is 11.1 Å². The van der Waals surface area contributed by atoms with Crippen LogP contribution >= 0.6 is 11.6 Å². The zero-order chi connectivity index (χ0) is 17.0. The van der Waals surface area contributed by atoms with Gasteiger partial charge in [-0.2, -0.15) is 10.2 Å². The number of nitro groups is 1. The number of phenolic OH excluding ortho intramolecular Hbond substituents is 1. The number of carbonyl (C=O) groups excluding carboxylic acids is 1. The zero-order valence-corrected chi connectivity index (χ0v) is 12.7. The quantitative estimate of drug-likeness (QED) is 0.487. The van der Waals surface area contributed by atoms with E-state index in [0.717, 1.165) is 18.0 Å². The number of rotatable bonds is 5. The summed E-state index contributed by atoms with van der Waals surface area (Å²) in [5.74, 6) is -1.02. The standard InChI is InChI=1S/C13H12ClN5O4/c1-8-2-3-16-18(8)7-12(20)17-15-6-9-4-10(14)5-11(13(9)21)19(22)23/h2-6,21H,7H2,1H3,(H,17,20)/b15-6-. The molecule has 2 rings (SSSR count). The zero-order valence-electron chi connectivity index (χ0n) is 11.9. The molecule has 0 radical (unpaired) electrons. The van der Waals surface area contributed by atoms with Crippen molar-refractivity contribution in [2.45, 2.75) is 13.5 Å². The van der Waals surface area contributed by atoms with E-state index in [9.17, 15) is 20.0 Å². The minimum absolute atomic E-state index is 0.0137. The van der Waals surface area contributed by atoms with Crippen LogP contribution in [-0.2, 0) is 11.3 Å². The van der Waals surface area contributed by atoms with Crippen molar-refractivity contribution >= 4 is 29.4 Å². The van der Waals surface area contributed by atoms with Crippen molar-refractivity contribution in [2.24, 2.45) is 5.10 Å². The third-order valence-corrected chi connectivity index (χ3v) is 3.11. The van der Waals surface area contributed by atoms with Crippen molar-refractivity contribution in [1.82, 2.24) is 15.2 Å². The van der Waals surface area contributed by atoms with Crippen molar-refractivity contribution in [2.75, 3.05) is 0 Å². The number of hydrogen-bond acceptors (Lipinski definition) is 6. The third kappa shape index (κ3) is 4.04. The number of hydrazone groups is 1. The van der Waals surface area contributed by atoms with E-state index < -0.39 is 22.3 Å². The van der Waals surface area contributed by atoms with E-state index >= 15 is 0 Å². The number of phenols is 1. The molecule has 0 saturated carbocycles. The summed E-state index contributed by atoms with van der Waals surface area (Å²) in [6.45, 7) is 1.77. The van der Waals surface area contributed by atoms with E-state index in [2.05, 4.69) is 15.6 Å². The molecule has 0 spiro atoms. The van der Waals surface area contributed by atoms with E-state index in [-0.39, 0.29) is 17.1 Å². The van der Waals surface area contributed by atoms with E-state index in [1.165, 1.54) is 10.7 Å². The highest BCUT2D eigenvalue weighted by Gasteiger charge is 2.17. The predicted molar refractivity (Wildman–Crippen MR) is 82.5 cm³/mol. The number of benzene rings is 1. The van der Waals surface area contributed by atoms with Crippen LogP contribution in [0.15, 0.2) is 29.5 Å². The Morgan fingerprint density at radius 3 is 2.96 bits per heavy atom.